The topological polar surface area (TPSA) is 91.7 Å². The molecule has 1 amide bonds. The molecule has 1 aromatic carbocycles. The number of likely N-dealkylation sites (N-methyl/N-ethyl adjacent to an activating group) is 1. The van der Waals surface area contributed by atoms with E-state index >= 15 is 0 Å². The van der Waals surface area contributed by atoms with Crippen molar-refractivity contribution in [1.82, 2.24) is 14.9 Å². The van der Waals surface area contributed by atoms with Crippen LogP contribution in [-0.2, 0) is 10.0 Å². The SMILES string of the molecule is CCN(CC)C(CNC(=O)c1cc(S(=O)(=O)NC)ccc1Cl)c1ccco1. The third-order valence-electron chi connectivity index (χ3n) is 4.34. The highest BCUT2D eigenvalue weighted by molar-refractivity contribution is 7.89. The average molecular weight is 414 g/mol. The molecule has 0 radical (unpaired) electrons. The molecule has 0 saturated heterocycles. The van der Waals surface area contributed by atoms with Gasteiger partial charge in [0.15, 0.2) is 0 Å². The lowest BCUT2D eigenvalue weighted by atomic mass is 10.1. The lowest BCUT2D eigenvalue weighted by Crippen LogP contribution is -2.38. The minimum absolute atomic E-state index is 0.0223. The second kappa shape index (κ2) is 9.36. The molecule has 148 valence electrons. The monoisotopic (exact) mass is 413 g/mol. The normalized spacial score (nSPS) is 12.9. The van der Waals surface area contributed by atoms with Gasteiger partial charge in [0, 0.05) is 6.54 Å². The Morgan fingerprint density at radius 1 is 1.26 bits per heavy atom. The maximum Gasteiger partial charge on any atom is 0.252 e. The molecule has 1 atom stereocenters. The Labute approximate surface area is 164 Å². The van der Waals surface area contributed by atoms with E-state index in [1.165, 1.54) is 25.2 Å². The Morgan fingerprint density at radius 3 is 2.52 bits per heavy atom. The number of furan rings is 1. The summed E-state index contributed by atoms with van der Waals surface area (Å²) >= 11 is 6.11. The van der Waals surface area contributed by atoms with Crippen LogP contribution in [0.3, 0.4) is 0 Å². The Hall–Kier alpha value is -1.87. The molecule has 0 spiro atoms. The predicted molar refractivity (Wildman–Crippen MR) is 104 cm³/mol. The molecular weight excluding hydrogens is 390 g/mol. The first kappa shape index (κ1) is 21.4. The van der Waals surface area contributed by atoms with E-state index in [4.69, 9.17) is 16.0 Å². The van der Waals surface area contributed by atoms with E-state index in [1.807, 2.05) is 19.9 Å². The lowest BCUT2D eigenvalue weighted by molar-refractivity contribution is 0.0929. The van der Waals surface area contributed by atoms with Crippen molar-refractivity contribution in [3.05, 3.63) is 52.9 Å². The van der Waals surface area contributed by atoms with Gasteiger partial charge in [0.2, 0.25) is 10.0 Å². The molecule has 1 unspecified atom stereocenters. The Balaban J connectivity index is 2.22. The van der Waals surface area contributed by atoms with Crippen LogP contribution in [-0.4, -0.2) is 45.9 Å². The van der Waals surface area contributed by atoms with Crippen molar-refractivity contribution in [3.63, 3.8) is 0 Å². The zero-order valence-electron chi connectivity index (χ0n) is 15.5. The van der Waals surface area contributed by atoms with Gasteiger partial charge in [-0.25, -0.2) is 13.1 Å². The van der Waals surface area contributed by atoms with Crippen LogP contribution in [0.2, 0.25) is 5.02 Å². The number of halogens is 1. The number of nitrogens with zero attached hydrogens (tertiary/aromatic N) is 1. The molecule has 7 nitrogen and oxygen atoms in total. The fraction of sp³-hybridized carbons (Fsp3) is 0.389. The Bertz CT molecular complexity index is 865. The van der Waals surface area contributed by atoms with Crippen molar-refractivity contribution in [1.29, 1.82) is 0 Å². The highest BCUT2D eigenvalue weighted by Gasteiger charge is 2.23. The van der Waals surface area contributed by atoms with Gasteiger partial charge in [-0.05, 0) is 50.5 Å². The van der Waals surface area contributed by atoms with Gasteiger partial charge in [0.25, 0.3) is 5.91 Å². The van der Waals surface area contributed by atoms with Gasteiger partial charge in [0.1, 0.15) is 5.76 Å². The average Bonchev–Trinajstić information content (AvgIpc) is 3.19. The molecule has 0 fully saturated rings. The fourth-order valence-electron chi connectivity index (χ4n) is 2.80. The molecule has 9 heteroatoms. The third kappa shape index (κ3) is 5.10. The van der Waals surface area contributed by atoms with Crippen molar-refractivity contribution in [2.45, 2.75) is 24.8 Å². The molecule has 27 heavy (non-hydrogen) atoms. The van der Waals surface area contributed by atoms with Gasteiger partial charge in [0.05, 0.1) is 27.8 Å². The molecule has 2 N–H and O–H groups in total. The molecule has 1 aromatic heterocycles. The van der Waals surface area contributed by atoms with Crippen LogP contribution in [0.15, 0.2) is 45.9 Å². The molecule has 0 saturated carbocycles. The van der Waals surface area contributed by atoms with Gasteiger partial charge in [-0.3, -0.25) is 9.69 Å². The molecule has 0 aliphatic carbocycles. The standard InChI is InChI=1S/C18H24ClN3O4S/c1-4-22(5-2)16(17-7-6-10-26-17)12-21-18(23)14-11-13(8-9-15(14)19)27(24,25)20-3/h6-11,16,20H,4-5,12H2,1-3H3,(H,21,23). The van der Waals surface area contributed by atoms with Gasteiger partial charge in [-0.1, -0.05) is 25.4 Å². The van der Waals surface area contributed by atoms with E-state index in [9.17, 15) is 13.2 Å². The highest BCUT2D eigenvalue weighted by atomic mass is 35.5. The Morgan fingerprint density at radius 2 is 1.96 bits per heavy atom. The van der Waals surface area contributed by atoms with E-state index in [2.05, 4.69) is 14.9 Å². The van der Waals surface area contributed by atoms with E-state index in [-0.39, 0.29) is 21.5 Å². The summed E-state index contributed by atoms with van der Waals surface area (Å²) in [6.07, 6.45) is 1.59. The van der Waals surface area contributed by atoms with Crippen molar-refractivity contribution in [2.24, 2.45) is 0 Å². The fourth-order valence-corrected chi connectivity index (χ4v) is 3.76. The number of benzene rings is 1. The molecule has 2 rings (SSSR count). The highest BCUT2D eigenvalue weighted by Crippen LogP contribution is 2.23. The van der Waals surface area contributed by atoms with Crippen molar-refractivity contribution in [3.8, 4) is 0 Å². The predicted octanol–water partition coefficient (Wildman–Crippen LogP) is 2.65. The van der Waals surface area contributed by atoms with Crippen molar-refractivity contribution in [2.75, 3.05) is 26.7 Å². The molecule has 1 heterocycles. The van der Waals surface area contributed by atoms with Gasteiger partial charge < -0.3 is 9.73 Å². The van der Waals surface area contributed by atoms with Crippen molar-refractivity contribution >= 4 is 27.5 Å². The number of nitrogens with one attached hydrogen (secondary N) is 2. The molecule has 0 bridgehead atoms. The van der Waals surface area contributed by atoms with Crippen LogP contribution in [0.1, 0.15) is 36.0 Å². The molecule has 0 aliphatic rings. The summed E-state index contributed by atoms with van der Waals surface area (Å²) in [6.45, 7) is 5.94. The van der Waals surface area contributed by atoms with E-state index < -0.39 is 15.9 Å². The number of carbonyl (C=O) groups is 1. The second-order valence-electron chi connectivity index (χ2n) is 5.81. The first-order valence-corrected chi connectivity index (χ1v) is 10.5. The van der Waals surface area contributed by atoms with Gasteiger partial charge in [-0.2, -0.15) is 0 Å². The minimum Gasteiger partial charge on any atom is -0.468 e. The maximum atomic E-state index is 12.6. The minimum atomic E-state index is -3.67. The maximum absolute atomic E-state index is 12.6. The molecule has 0 aliphatic heterocycles. The van der Waals surface area contributed by atoms with Gasteiger partial charge in [-0.15, -0.1) is 0 Å². The molecular formula is C18H24ClN3O4S. The zero-order chi connectivity index (χ0) is 20.0. The van der Waals surface area contributed by atoms with Crippen LogP contribution in [0, 0.1) is 0 Å². The second-order valence-corrected chi connectivity index (χ2v) is 8.11. The van der Waals surface area contributed by atoms with Crippen LogP contribution >= 0.6 is 11.6 Å². The van der Waals surface area contributed by atoms with E-state index in [0.29, 0.717) is 6.54 Å². The number of hydrogen-bond donors (Lipinski definition) is 2. The summed E-state index contributed by atoms with van der Waals surface area (Å²) in [4.78, 5) is 14.8. The van der Waals surface area contributed by atoms with Crippen LogP contribution in [0.4, 0.5) is 0 Å². The first-order valence-electron chi connectivity index (χ1n) is 8.62. The summed E-state index contributed by atoms with van der Waals surface area (Å²) < 4.78 is 31.7. The number of rotatable bonds is 9. The Kier molecular flexibility index (Phi) is 7.43. The summed E-state index contributed by atoms with van der Waals surface area (Å²) in [5.74, 6) is 0.300. The number of amides is 1. The first-order chi connectivity index (χ1) is 12.8. The number of sulfonamides is 1. The van der Waals surface area contributed by atoms with Crippen LogP contribution in [0.25, 0.3) is 0 Å². The largest absolute Gasteiger partial charge is 0.468 e. The smallest absolute Gasteiger partial charge is 0.252 e. The third-order valence-corrected chi connectivity index (χ3v) is 6.08. The van der Waals surface area contributed by atoms with Crippen LogP contribution < -0.4 is 10.0 Å². The zero-order valence-corrected chi connectivity index (χ0v) is 17.1. The summed E-state index contributed by atoms with van der Waals surface area (Å²) in [5, 5.41) is 3.01. The van der Waals surface area contributed by atoms with E-state index in [1.54, 1.807) is 12.3 Å². The van der Waals surface area contributed by atoms with Crippen LogP contribution in [0.5, 0.6) is 0 Å². The van der Waals surface area contributed by atoms with E-state index in [0.717, 1.165) is 18.8 Å². The quantitative estimate of drug-likeness (QED) is 0.659. The summed E-state index contributed by atoms with van der Waals surface area (Å²) in [6, 6.07) is 7.55. The van der Waals surface area contributed by atoms with Crippen molar-refractivity contribution < 1.29 is 17.6 Å². The number of hydrogen-bond acceptors (Lipinski definition) is 5. The molecule has 2 aromatic rings. The summed E-state index contributed by atoms with van der Waals surface area (Å²) in [7, 11) is -2.36. The van der Waals surface area contributed by atoms with Gasteiger partial charge >= 0.3 is 0 Å². The lowest BCUT2D eigenvalue weighted by Gasteiger charge is -2.28. The summed E-state index contributed by atoms with van der Waals surface area (Å²) in [5.41, 5.74) is 0.103. The number of carbonyl (C=O) groups excluding carboxylic acids is 1.